The molecule has 0 bridgehead atoms. The van der Waals surface area contributed by atoms with Gasteiger partial charge in [0.15, 0.2) is 5.58 Å². The molecule has 0 unspecified atom stereocenters. The van der Waals surface area contributed by atoms with Gasteiger partial charge in [0.25, 0.3) is 0 Å². The molecule has 1 aromatic heterocycles. The van der Waals surface area contributed by atoms with Gasteiger partial charge in [-0.25, -0.2) is 4.98 Å². The van der Waals surface area contributed by atoms with E-state index in [2.05, 4.69) is 460 Å². The van der Waals surface area contributed by atoms with Gasteiger partial charge >= 0.3 is 0 Å². The lowest BCUT2D eigenvalue weighted by atomic mass is 9.79. The predicted octanol–water partition coefficient (Wildman–Crippen LogP) is 34.7. The van der Waals surface area contributed by atoms with Gasteiger partial charge in [-0.05, 0) is 300 Å². The van der Waals surface area contributed by atoms with E-state index < -0.39 is 0 Å². The fourth-order valence-corrected chi connectivity index (χ4v) is 18.5. The maximum Gasteiger partial charge on any atom is 0.200 e. The number of nitrogens with zero attached hydrogens (tertiary/aromatic N) is 2. The van der Waals surface area contributed by atoms with Crippen LogP contribution in [-0.4, -0.2) is 22.0 Å². The van der Waals surface area contributed by atoms with Crippen molar-refractivity contribution in [2.45, 2.75) is 337 Å². The second-order valence-electron chi connectivity index (χ2n) is 49.2. The van der Waals surface area contributed by atoms with Crippen molar-refractivity contribution in [3.63, 3.8) is 0 Å². The third-order valence-electron chi connectivity index (χ3n) is 28.2. The van der Waals surface area contributed by atoms with Gasteiger partial charge in [0.1, 0.15) is 5.52 Å². The molecule has 132 heavy (non-hydrogen) atoms. The van der Waals surface area contributed by atoms with Crippen molar-refractivity contribution in [3.05, 3.63) is 376 Å². The molecule has 0 amide bonds. The van der Waals surface area contributed by atoms with Crippen LogP contribution in [0.25, 0.3) is 41.5 Å². The van der Waals surface area contributed by atoms with Crippen LogP contribution in [0.2, 0.25) is 0 Å². The highest BCUT2D eigenvalue weighted by atomic mass is 16.3. The second kappa shape index (κ2) is 42.9. The lowest BCUT2D eigenvalue weighted by Gasteiger charge is -2.39. The monoisotopic (exact) mass is 1760 g/mol. The van der Waals surface area contributed by atoms with Crippen LogP contribution in [0.15, 0.2) is 252 Å². The van der Waals surface area contributed by atoms with Crippen LogP contribution < -0.4 is 0 Å². The molecule has 0 saturated heterocycles. The van der Waals surface area contributed by atoms with Gasteiger partial charge < -0.3 is 4.42 Å². The van der Waals surface area contributed by atoms with E-state index >= 15 is 0 Å². The number of hydrogen-bond donors (Lipinski definition) is 0. The fourth-order valence-electron chi connectivity index (χ4n) is 18.5. The zero-order chi connectivity index (χ0) is 96.2. The van der Waals surface area contributed by atoms with Gasteiger partial charge in [-0.3, -0.25) is 4.90 Å². The zero-order valence-electron chi connectivity index (χ0n) is 87.7. The molecule has 2 heterocycles. The molecule has 20 rings (SSSR count). The van der Waals surface area contributed by atoms with Crippen LogP contribution in [0, 0.1) is 33.5 Å². The highest BCUT2D eigenvalue weighted by molar-refractivity contribution is 5.72. The minimum absolute atomic E-state index is 0.0149. The number of hydrogen-bond acceptors (Lipinski definition) is 3. The first kappa shape index (κ1) is 103. The van der Waals surface area contributed by atoms with Gasteiger partial charge in [-0.2, -0.15) is 0 Å². The number of fused-ring (bicyclic) bond motifs is 10. The molecule has 3 heteroatoms. The molecule has 1 aliphatic heterocycles. The van der Waals surface area contributed by atoms with Crippen molar-refractivity contribution in [2.75, 3.05) is 6.54 Å². The SMILES string of the molecule is CC(C)(C)C1=Cc2ccccc2C1.CC(C)(C)C1=Cc2ccccc2C1.CC(C)(C)C1Cc2ccccc2C1.CC(C)(C)C1Cc2ccccc2C1.CC(C)(C)N1CCc2ccccc2C1.CC(C)(C)c1ccc2c(c1)C=CC2.CC(C)(C)c1ccc2c(c1)CC=C2.CC(C)(C)c1ccc2c(c1)CC=C2.CC(C)(C)c1ccc2c(c1)CCCC2.CC(C)(C)c1nc2ccccc2o1. The van der Waals surface area contributed by atoms with Crippen molar-refractivity contribution >= 4 is 41.5 Å². The Morgan fingerprint density at radius 3 is 1.02 bits per heavy atom. The summed E-state index contributed by atoms with van der Waals surface area (Å²) in [7, 11) is 0. The summed E-state index contributed by atoms with van der Waals surface area (Å²) in [5.41, 5.74) is 40.6. The molecule has 0 spiro atoms. The zero-order valence-corrected chi connectivity index (χ0v) is 87.7. The molecule has 0 saturated carbocycles. The van der Waals surface area contributed by atoms with Crippen LogP contribution in [-0.2, 0) is 111 Å². The molecule has 0 N–H and O–H groups in total. The highest BCUT2D eigenvalue weighted by Crippen LogP contribution is 2.43. The summed E-state index contributed by atoms with van der Waals surface area (Å²) < 4.78 is 5.62. The number of rotatable bonds is 0. The summed E-state index contributed by atoms with van der Waals surface area (Å²) in [6.45, 7) is 70.5. The summed E-state index contributed by atoms with van der Waals surface area (Å²) in [6, 6.07) is 79.3. The minimum atomic E-state index is -0.0149. The van der Waals surface area contributed by atoms with Crippen molar-refractivity contribution in [3.8, 4) is 0 Å². The van der Waals surface area contributed by atoms with Crippen LogP contribution in [0.3, 0.4) is 0 Å². The summed E-state index contributed by atoms with van der Waals surface area (Å²) in [5, 5.41) is 0. The number of allylic oxidation sites excluding steroid dienone is 5. The van der Waals surface area contributed by atoms with Crippen molar-refractivity contribution in [1.29, 1.82) is 0 Å². The highest BCUT2D eigenvalue weighted by Gasteiger charge is 2.34. The summed E-state index contributed by atoms with van der Waals surface area (Å²) in [6.07, 6.45) is 35.3. The van der Waals surface area contributed by atoms with E-state index in [1.165, 1.54) is 153 Å². The van der Waals surface area contributed by atoms with E-state index in [1.807, 2.05) is 24.3 Å². The molecule has 700 valence electrons. The molecule has 0 atom stereocenters. The van der Waals surface area contributed by atoms with E-state index in [4.69, 9.17) is 4.42 Å². The third kappa shape index (κ3) is 29.2. The van der Waals surface area contributed by atoms with Crippen molar-refractivity contribution in [2.24, 2.45) is 33.5 Å². The van der Waals surface area contributed by atoms with E-state index in [-0.39, 0.29) is 21.7 Å². The predicted molar refractivity (Wildman–Crippen MR) is 577 cm³/mol. The molecule has 10 aromatic carbocycles. The standard InChI is InChI=1S/C14H20.C13H19N.3C13H16.2C13H18.2C13H16.C11H13NO/c1-14(2,3)13-9-8-11-6-4-5-7-12(11)10-13;1-13(2,3)14-9-8-11-6-4-5-7-12(11)10-14;3*1-13(2,3)12-8-7-10-5-4-6-11(10)9-12;4*1-13(2,3)12-8-10-6-4-5-7-11(10)9-12;1-11(2,3)10-12-8-6-4-5-7-9(8)13-10/h8-10H,4-7H2,1-3H3;4-7H,8-10H2,1-3H3;4,6-9H,5H2,1-3H3;2*4-5,7-9H,6H2,1-3H3;2*4-7,12H,8-9H2,1-3H3;2*4-8H,9H2,1-3H3;4-7H,1-3H3. The maximum atomic E-state index is 5.62. The van der Waals surface area contributed by atoms with Crippen molar-refractivity contribution < 1.29 is 4.42 Å². The van der Waals surface area contributed by atoms with E-state index in [9.17, 15) is 0 Å². The van der Waals surface area contributed by atoms with Gasteiger partial charge in [-0.1, -0.05) is 453 Å². The number of benzene rings is 10. The lowest BCUT2D eigenvalue weighted by molar-refractivity contribution is 0.121. The summed E-state index contributed by atoms with van der Waals surface area (Å²) in [4.78, 5) is 6.97. The van der Waals surface area contributed by atoms with Crippen LogP contribution in [0.1, 0.15) is 349 Å². The Balaban J connectivity index is 0.000000141. The first-order valence-electron chi connectivity index (χ1n) is 50.1. The number of para-hydroxylation sites is 2. The third-order valence-corrected chi connectivity index (χ3v) is 28.2. The van der Waals surface area contributed by atoms with E-state index in [0.717, 1.165) is 67.5 Å². The molecule has 11 aromatic rings. The van der Waals surface area contributed by atoms with Crippen LogP contribution in [0.4, 0.5) is 0 Å². The smallest absolute Gasteiger partial charge is 0.200 e. The Hall–Kier alpha value is -9.67. The molecular formula is C129H168N2O. The van der Waals surface area contributed by atoms with E-state index in [1.54, 1.807) is 44.5 Å². The average molecular weight is 1760 g/mol. The lowest BCUT2D eigenvalue weighted by Crippen LogP contribution is -2.44. The molecule has 0 fully saturated rings. The Kier molecular flexibility index (Phi) is 33.4. The molecule has 3 nitrogen and oxygen atoms in total. The average Bonchev–Trinajstić information content (AvgIpc) is 1.80. The first-order valence-corrected chi connectivity index (χ1v) is 50.1. The van der Waals surface area contributed by atoms with Gasteiger partial charge in [0.2, 0.25) is 5.89 Å². The van der Waals surface area contributed by atoms with Gasteiger partial charge in [0, 0.05) is 24.0 Å². The number of oxazole rings is 1. The number of aromatic nitrogens is 1. The normalized spacial score (nSPS) is 15.7. The minimum Gasteiger partial charge on any atom is -0.440 e. The molecule has 8 aliphatic carbocycles. The molecule has 9 aliphatic rings. The Morgan fingerprint density at radius 2 is 0.621 bits per heavy atom. The molecule has 0 radical (unpaired) electrons. The first-order chi connectivity index (χ1) is 61.7. The Labute approximate surface area is 803 Å². The Bertz CT molecular complexity index is 5520. The van der Waals surface area contributed by atoms with Crippen LogP contribution >= 0.6 is 0 Å². The summed E-state index contributed by atoms with van der Waals surface area (Å²) >= 11 is 0. The van der Waals surface area contributed by atoms with Gasteiger partial charge in [-0.15, -0.1) is 0 Å². The molecular weight excluding hydrogens is 1590 g/mol. The second-order valence-corrected chi connectivity index (χ2v) is 49.2. The van der Waals surface area contributed by atoms with E-state index in [0.29, 0.717) is 32.6 Å². The summed E-state index contributed by atoms with van der Waals surface area (Å²) in [5.74, 6) is 2.48. The fraction of sp³-hybridized carbons (Fsp3) is 0.450. The topological polar surface area (TPSA) is 29.3 Å². The maximum absolute atomic E-state index is 5.62. The largest absolute Gasteiger partial charge is 0.440 e. The van der Waals surface area contributed by atoms with Crippen LogP contribution in [0.5, 0.6) is 0 Å². The van der Waals surface area contributed by atoms with Crippen molar-refractivity contribution in [1.82, 2.24) is 9.88 Å². The number of aryl methyl sites for hydroxylation is 2. The Morgan fingerprint density at radius 1 is 0.280 bits per heavy atom. The quantitative estimate of drug-likeness (QED) is 0.152. The van der Waals surface area contributed by atoms with Gasteiger partial charge in [0.05, 0.1) is 0 Å².